The Hall–Kier alpha value is -1.08. The maximum atomic E-state index is 9.47. The van der Waals surface area contributed by atoms with Crippen molar-refractivity contribution in [3.8, 4) is 5.75 Å². The average molecular weight is 281 g/mol. The van der Waals surface area contributed by atoms with E-state index in [1.54, 1.807) is 26.4 Å². The van der Waals surface area contributed by atoms with Gasteiger partial charge in [-0.15, -0.1) is 0 Å². The van der Waals surface area contributed by atoms with Crippen molar-refractivity contribution in [1.29, 1.82) is 0 Å². The van der Waals surface area contributed by atoms with Gasteiger partial charge in [0, 0.05) is 26.2 Å². The summed E-state index contributed by atoms with van der Waals surface area (Å²) in [6.45, 7) is 6.24. The van der Waals surface area contributed by atoms with Crippen LogP contribution in [-0.2, 0) is 11.3 Å². The van der Waals surface area contributed by atoms with Gasteiger partial charge in [-0.2, -0.15) is 0 Å². The van der Waals surface area contributed by atoms with Crippen molar-refractivity contribution in [1.82, 2.24) is 4.90 Å². The van der Waals surface area contributed by atoms with Crippen LogP contribution < -0.4 is 10.2 Å². The predicted octanol–water partition coefficient (Wildman–Crippen LogP) is 0.232. The molecule has 1 aromatic rings. The van der Waals surface area contributed by atoms with Crippen LogP contribution in [-0.4, -0.2) is 55.5 Å². The van der Waals surface area contributed by atoms with Crippen LogP contribution in [0.15, 0.2) is 18.2 Å². The molecule has 0 fully saturated rings. The Morgan fingerprint density at radius 2 is 1.95 bits per heavy atom. The van der Waals surface area contributed by atoms with Crippen molar-refractivity contribution in [2.24, 2.45) is 0 Å². The average Bonchev–Trinajstić information content (AvgIpc) is 2.42. The molecule has 0 bridgehead atoms. The van der Waals surface area contributed by atoms with Crippen molar-refractivity contribution in [2.45, 2.75) is 26.4 Å². The van der Waals surface area contributed by atoms with E-state index in [1.807, 2.05) is 6.07 Å². The molecule has 0 saturated carbocycles. The normalized spacial score (nSPS) is 11.2. The van der Waals surface area contributed by atoms with Gasteiger partial charge in [-0.25, -0.2) is 0 Å². The molecule has 20 heavy (non-hydrogen) atoms. The maximum Gasteiger partial charge on any atom is 0.488 e. The molecule has 2 N–H and O–H groups in total. The number of rotatable bonds is 8. The summed E-state index contributed by atoms with van der Waals surface area (Å²) in [6, 6.07) is 5.60. The lowest BCUT2D eigenvalue weighted by molar-refractivity contribution is 0.125. The number of hydrogen-bond acceptors (Lipinski definition) is 5. The van der Waals surface area contributed by atoms with Crippen molar-refractivity contribution in [3.63, 3.8) is 0 Å². The van der Waals surface area contributed by atoms with Gasteiger partial charge in [0.2, 0.25) is 0 Å². The van der Waals surface area contributed by atoms with Crippen LogP contribution in [0.5, 0.6) is 5.75 Å². The molecule has 6 heteroatoms. The third-order valence-corrected chi connectivity index (χ3v) is 3.31. The maximum absolute atomic E-state index is 9.47. The van der Waals surface area contributed by atoms with E-state index in [-0.39, 0.29) is 0 Å². The lowest BCUT2D eigenvalue weighted by Crippen LogP contribution is -2.39. The molecule has 1 rings (SSSR count). The standard InChI is InChI=1S/C14H24BNO4/c1-11(2)16(7-8-19-3)10-12-9-13(20-4)5-6-14(12)15(17)18/h5-6,9,11,17-18H,7-8,10H2,1-4H3. The van der Waals surface area contributed by atoms with Crippen molar-refractivity contribution in [2.75, 3.05) is 27.4 Å². The number of methoxy groups -OCH3 is 2. The highest BCUT2D eigenvalue weighted by molar-refractivity contribution is 6.59. The van der Waals surface area contributed by atoms with Crippen LogP contribution in [0.3, 0.4) is 0 Å². The number of benzene rings is 1. The molecule has 112 valence electrons. The van der Waals surface area contributed by atoms with Crippen LogP contribution in [0.25, 0.3) is 0 Å². The van der Waals surface area contributed by atoms with E-state index in [2.05, 4.69) is 18.7 Å². The minimum absolute atomic E-state index is 0.333. The van der Waals surface area contributed by atoms with Crippen LogP contribution in [0.1, 0.15) is 19.4 Å². The second kappa shape index (κ2) is 8.27. The van der Waals surface area contributed by atoms with Gasteiger partial charge in [0.25, 0.3) is 0 Å². The molecule has 0 aromatic heterocycles. The molecule has 5 nitrogen and oxygen atoms in total. The summed E-state index contributed by atoms with van der Waals surface area (Å²) >= 11 is 0. The van der Waals surface area contributed by atoms with Crippen LogP contribution in [0.4, 0.5) is 0 Å². The largest absolute Gasteiger partial charge is 0.497 e. The van der Waals surface area contributed by atoms with E-state index in [1.165, 1.54) is 0 Å². The van der Waals surface area contributed by atoms with Gasteiger partial charge in [-0.1, -0.05) is 6.07 Å². The number of nitrogens with zero attached hydrogens (tertiary/aromatic N) is 1. The Labute approximate surface area is 121 Å². The molecule has 0 aliphatic heterocycles. The van der Waals surface area contributed by atoms with Gasteiger partial charge >= 0.3 is 7.12 Å². The Morgan fingerprint density at radius 1 is 1.25 bits per heavy atom. The highest BCUT2D eigenvalue weighted by Gasteiger charge is 2.19. The van der Waals surface area contributed by atoms with Crippen LogP contribution in [0, 0.1) is 0 Å². The molecular formula is C14H24BNO4. The van der Waals surface area contributed by atoms with E-state index in [0.29, 0.717) is 30.4 Å². The first-order valence-electron chi connectivity index (χ1n) is 6.75. The van der Waals surface area contributed by atoms with Gasteiger partial charge in [0.1, 0.15) is 5.75 Å². The van der Waals surface area contributed by atoms with E-state index in [9.17, 15) is 10.0 Å². The Morgan fingerprint density at radius 3 is 2.45 bits per heavy atom. The van der Waals surface area contributed by atoms with Gasteiger partial charge in [0.15, 0.2) is 0 Å². The molecule has 0 spiro atoms. The molecule has 1 aromatic carbocycles. The van der Waals surface area contributed by atoms with E-state index in [0.717, 1.165) is 12.1 Å². The van der Waals surface area contributed by atoms with Gasteiger partial charge in [0.05, 0.1) is 13.7 Å². The fourth-order valence-corrected chi connectivity index (χ4v) is 2.05. The third kappa shape index (κ3) is 4.79. The summed E-state index contributed by atoms with van der Waals surface area (Å²) in [6.07, 6.45) is 0. The summed E-state index contributed by atoms with van der Waals surface area (Å²) in [5.41, 5.74) is 1.36. The van der Waals surface area contributed by atoms with Crippen molar-refractivity contribution < 1.29 is 19.5 Å². The molecule has 0 amide bonds. The number of ether oxygens (including phenoxy) is 2. The lowest BCUT2D eigenvalue weighted by atomic mass is 9.76. The molecule has 0 aliphatic carbocycles. The summed E-state index contributed by atoms with van der Waals surface area (Å²) in [7, 11) is 1.79. The Kier molecular flexibility index (Phi) is 7.02. The Balaban J connectivity index is 2.96. The van der Waals surface area contributed by atoms with Gasteiger partial charge < -0.3 is 19.5 Å². The molecule has 0 aliphatic rings. The highest BCUT2D eigenvalue weighted by atomic mass is 16.5. The van der Waals surface area contributed by atoms with Crippen LogP contribution >= 0.6 is 0 Å². The second-order valence-corrected chi connectivity index (χ2v) is 5.00. The molecule has 0 atom stereocenters. The fraction of sp³-hybridized carbons (Fsp3) is 0.571. The first-order chi connectivity index (χ1) is 9.49. The van der Waals surface area contributed by atoms with Crippen LogP contribution in [0.2, 0.25) is 0 Å². The highest BCUT2D eigenvalue weighted by Crippen LogP contribution is 2.14. The second-order valence-electron chi connectivity index (χ2n) is 5.00. The van der Waals surface area contributed by atoms with E-state index in [4.69, 9.17) is 9.47 Å². The predicted molar refractivity (Wildman–Crippen MR) is 80.2 cm³/mol. The van der Waals surface area contributed by atoms with E-state index >= 15 is 0 Å². The summed E-state index contributed by atoms with van der Waals surface area (Å²) < 4.78 is 10.3. The van der Waals surface area contributed by atoms with Crippen molar-refractivity contribution >= 4 is 12.6 Å². The summed E-state index contributed by atoms with van der Waals surface area (Å²) in [5.74, 6) is 0.708. The molecule has 0 saturated heterocycles. The fourth-order valence-electron chi connectivity index (χ4n) is 2.05. The molecule has 0 unspecified atom stereocenters. The first kappa shape index (κ1) is 17.0. The SMILES string of the molecule is COCCN(Cc1cc(OC)ccc1B(O)O)C(C)C. The molecule has 0 heterocycles. The van der Waals surface area contributed by atoms with E-state index < -0.39 is 7.12 Å². The summed E-state index contributed by atoms with van der Waals surface area (Å²) in [4.78, 5) is 2.21. The topological polar surface area (TPSA) is 62.2 Å². The number of hydrogen-bond donors (Lipinski definition) is 2. The zero-order valence-corrected chi connectivity index (χ0v) is 12.7. The minimum atomic E-state index is -1.48. The molecular weight excluding hydrogens is 257 g/mol. The third-order valence-electron chi connectivity index (χ3n) is 3.31. The van der Waals surface area contributed by atoms with Crippen molar-refractivity contribution in [3.05, 3.63) is 23.8 Å². The smallest absolute Gasteiger partial charge is 0.488 e. The quantitative estimate of drug-likeness (QED) is 0.668. The Bertz CT molecular complexity index is 412. The summed E-state index contributed by atoms with van der Waals surface area (Å²) in [5, 5.41) is 18.9. The first-order valence-corrected chi connectivity index (χ1v) is 6.75. The zero-order valence-electron chi connectivity index (χ0n) is 12.7. The zero-order chi connectivity index (χ0) is 15.1. The van der Waals surface area contributed by atoms with Gasteiger partial charge in [-0.05, 0) is 37.0 Å². The van der Waals surface area contributed by atoms with Gasteiger partial charge in [-0.3, -0.25) is 4.90 Å². The minimum Gasteiger partial charge on any atom is -0.497 e. The monoisotopic (exact) mass is 281 g/mol. The lowest BCUT2D eigenvalue weighted by Gasteiger charge is -2.27. The molecule has 0 radical (unpaired) electrons.